The lowest BCUT2D eigenvalue weighted by molar-refractivity contribution is 0.0954. The van der Waals surface area contributed by atoms with Crippen LogP contribution in [0.25, 0.3) is 0 Å². The molecule has 94 valence electrons. The molecule has 1 aliphatic rings. The summed E-state index contributed by atoms with van der Waals surface area (Å²) < 4.78 is 26.0. The van der Waals surface area contributed by atoms with E-state index >= 15 is 0 Å². The number of thiophene rings is 1. The molecule has 1 N–H and O–H groups in total. The van der Waals surface area contributed by atoms with Crippen molar-refractivity contribution in [1.29, 1.82) is 0 Å². The molecule has 0 saturated carbocycles. The number of carbonyl (C=O) groups is 1. The number of aliphatic hydroxyl groups is 1. The van der Waals surface area contributed by atoms with E-state index in [-0.39, 0.29) is 35.3 Å². The van der Waals surface area contributed by atoms with Gasteiger partial charge in [0.25, 0.3) is 10.0 Å². The van der Waals surface area contributed by atoms with E-state index in [1.54, 1.807) is 0 Å². The molecule has 0 radical (unpaired) electrons. The Hall–Kier alpha value is -0.410. The zero-order chi connectivity index (χ0) is 12.6. The maximum atomic E-state index is 12.1. The summed E-state index contributed by atoms with van der Waals surface area (Å²) in [6.07, 6.45) is 0.320. The predicted molar refractivity (Wildman–Crippen MR) is 66.4 cm³/mol. The fourth-order valence-corrected chi connectivity index (χ4v) is 5.23. The summed E-state index contributed by atoms with van der Waals surface area (Å²) in [6, 6.07) is 1.49. The van der Waals surface area contributed by atoms with Crippen LogP contribution in [0.1, 0.15) is 16.8 Å². The SMILES string of the molecule is O=C1CN(CCCO)S(=O)(=O)c2sc(S)cc21. The van der Waals surface area contributed by atoms with Crippen LogP contribution in [-0.4, -0.2) is 43.3 Å². The van der Waals surface area contributed by atoms with Gasteiger partial charge < -0.3 is 5.11 Å². The van der Waals surface area contributed by atoms with Crippen molar-refractivity contribution >= 4 is 39.8 Å². The molecule has 2 heterocycles. The topological polar surface area (TPSA) is 74.7 Å². The second-order valence-corrected chi connectivity index (χ2v) is 7.59. The van der Waals surface area contributed by atoms with Crippen molar-refractivity contribution in [2.45, 2.75) is 14.8 Å². The lowest BCUT2D eigenvalue weighted by atomic mass is 10.2. The third kappa shape index (κ3) is 2.27. The predicted octanol–water partition coefficient (Wildman–Crippen LogP) is 0.606. The van der Waals surface area contributed by atoms with Crippen LogP contribution < -0.4 is 0 Å². The smallest absolute Gasteiger partial charge is 0.253 e. The lowest BCUT2D eigenvalue weighted by Crippen LogP contribution is -2.40. The molecule has 0 saturated heterocycles. The van der Waals surface area contributed by atoms with E-state index in [0.29, 0.717) is 10.6 Å². The van der Waals surface area contributed by atoms with Gasteiger partial charge in [0.05, 0.1) is 16.3 Å². The minimum Gasteiger partial charge on any atom is -0.396 e. The number of rotatable bonds is 3. The van der Waals surface area contributed by atoms with E-state index < -0.39 is 10.0 Å². The maximum Gasteiger partial charge on any atom is 0.253 e. The van der Waals surface area contributed by atoms with E-state index in [2.05, 4.69) is 12.6 Å². The molecular weight excluding hydrogens is 282 g/mol. The van der Waals surface area contributed by atoms with E-state index in [1.165, 1.54) is 6.07 Å². The Labute approximate surface area is 109 Å². The van der Waals surface area contributed by atoms with Gasteiger partial charge in [-0.3, -0.25) is 4.79 Å². The number of aliphatic hydroxyl groups excluding tert-OH is 1. The first-order valence-corrected chi connectivity index (χ1v) is 7.64. The Morgan fingerprint density at radius 3 is 2.88 bits per heavy atom. The van der Waals surface area contributed by atoms with E-state index in [9.17, 15) is 13.2 Å². The molecule has 0 amide bonds. The summed E-state index contributed by atoms with van der Waals surface area (Å²) in [6.45, 7) is -0.0988. The Morgan fingerprint density at radius 2 is 2.24 bits per heavy atom. The Kier molecular flexibility index (Phi) is 3.60. The summed E-state index contributed by atoms with van der Waals surface area (Å²) >= 11 is 5.06. The van der Waals surface area contributed by atoms with Gasteiger partial charge in [-0.1, -0.05) is 0 Å². The first-order chi connectivity index (χ1) is 7.96. The number of nitrogens with zero attached hydrogens (tertiary/aromatic N) is 1. The molecule has 0 bridgehead atoms. The van der Waals surface area contributed by atoms with Crippen LogP contribution >= 0.6 is 24.0 Å². The second kappa shape index (κ2) is 4.69. The quantitative estimate of drug-likeness (QED) is 0.801. The largest absolute Gasteiger partial charge is 0.396 e. The first kappa shape index (κ1) is 13.0. The van der Waals surface area contributed by atoms with Gasteiger partial charge >= 0.3 is 0 Å². The highest BCUT2D eigenvalue weighted by atomic mass is 32.3. The van der Waals surface area contributed by atoms with Gasteiger partial charge in [0.1, 0.15) is 4.21 Å². The average molecular weight is 293 g/mol. The molecule has 1 aliphatic heterocycles. The van der Waals surface area contributed by atoms with Gasteiger partial charge in [-0.25, -0.2) is 8.42 Å². The van der Waals surface area contributed by atoms with Crippen molar-refractivity contribution in [3.8, 4) is 0 Å². The number of hydrogen-bond acceptors (Lipinski definition) is 6. The lowest BCUT2D eigenvalue weighted by Gasteiger charge is -2.24. The zero-order valence-electron chi connectivity index (χ0n) is 8.79. The number of Topliss-reactive ketones (excluding diaryl/α,β-unsaturated/α-hetero) is 1. The molecule has 5 nitrogen and oxygen atoms in total. The van der Waals surface area contributed by atoms with Crippen molar-refractivity contribution in [2.75, 3.05) is 19.7 Å². The third-order valence-corrected chi connectivity index (χ3v) is 6.14. The van der Waals surface area contributed by atoms with Crippen LogP contribution in [0.3, 0.4) is 0 Å². The summed E-state index contributed by atoms with van der Waals surface area (Å²) in [5, 5.41) is 8.72. The second-order valence-electron chi connectivity index (χ2n) is 3.62. The van der Waals surface area contributed by atoms with Crippen molar-refractivity contribution in [3.05, 3.63) is 11.6 Å². The minimum atomic E-state index is -3.60. The average Bonchev–Trinajstić information content (AvgIpc) is 2.65. The molecule has 0 atom stereocenters. The highest BCUT2D eigenvalue weighted by Crippen LogP contribution is 2.35. The van der Waals surface area contributed by atoms with Crippen molar-refractivity contribution in [2.24, 2.45) is 0 Å². The van der Waals surface area contributed by atoms with Crippen LogP contribution in [0.15, 0.2) is 14.5 Å². The summed E-state index contributed by atoms with van der Waals surface area (Å²) in [5.74, 6) is -0.218. The summed E-state index contributed by atoms with van der Waals surface area (Å²) in [5.41, 5.74) is 0.236. The summed E-state index contributed by atoms with van der Waals surface area (Å²) in [4.78, 5) is 11.8. The maximum absolute atomic E-state index is 12.1. The van der Waals surface area contributed by atoms with E-state index in [0.717, 1.165) is 15.6 Å². The highest BCUT2D eigenvalue weighted by molar-refractivity contribution is 7.92. The first-order valence-electron chi connectivity index (χ1n) is 4.94. The van der Waals surface area contributed by atoms with Gasteiger partial charge in [-0.15, -0.1) is 24.0 Å². The van der Waals surface area contributed by atoms with Crippen LogP contribution in [0, 0.1) is 0 Å². The molecule has 1 aromatic rings. The fourth-order valence-electron chi connectivity index (χ4n) is 1.64. The molecule has 0 fully saturated rings. The number of hydrogen-bond donors (Lipinski definition) is 2. The molecular formula is C9H11NO4S3. The van der Waals surface area contributed by atoms with E-state index in [4.69, 9.17) is 5.11 Å². The van der Waals surface area contributed by atoms with Gasteiger partial charge in [0, 0.05) is 13.2 Å². The number of thiol groups is 1. The Balaban J connectivity index is 2.43. The van der Waals surface area contributed by atoms with Crippen molar-refractivity contribution in [1.82, 2.24) is 4.31 Å². The Bertz CT molecular complexity index is 549. The van der Waals surface area contributed by atoms with Crippen molar-refractivity contribution < 1.29 is 18.3 Å². The molecule has 0 aliphatic carbocycles. The van der Waals surface area contributed by atoms with Crippen LogP contribution in [-0.2, 0) is 10.0 Å². The number of ketones is 1. The summed E-state index contributed by atoms with van der Waals surface area (Å²) in [7, 11) is -3.60. The van der Waals surface area contributed by atoms with Gasteiger partial charge in [-0.2, -0.15) is 4.31 Å². The van der Waals surface area contributed by atoms with E-state index in [1.807, 2.05) is 0 Å². The van der Waals surface area contributed by atoms with Crippen LogP contribution in [0.5, 0.6) is 0 Å². The Morgan fingerprint density at radius 1 is 1.53 bits per heavy atom. The molecule has 0 aromatic carbocycles. The van der Waals surface area contributed by atoms with Crippen LogP contribution in [0.4, 0.5) is 0 Å². The van der Waals surface area contributed by atoms with Gasteiger partial charge in [-0.05, 0) is 12.5 Å². The highest BCUT2D eigenvalue weighted by Gasteiger charge is 2.37. The zero-order valence-corrected chi connectivity index (χ0v) is 11.3. The molecule has 0 unspecified atom stereocenters. The van der Waals surface area contributed by atoms with Crippen molar-refractivity contribution in [3.63, 3.8) is 0 Å². The molecule has 1 aromatic heterocycles. The number of carbonyl (C=O) groups excluding carboxylic acids is 1. The minimum absolute atomic E-state index is 0.0664. The molecule has 8 heteroatoms. The fraction of sp³-hybridized carbons (Fsp3) is 0.444. The third-order valence-electron chi connectivity index (χ3n) is 2.45. The van der Waals surface area contributed by atoms with Gasteiger partial charge in [0.2, 0.25) is 0 Å². The number of fused-ring (bicyclic) bond motifs is 1. The molecule has 0 spiro atoms. The normalized spacial score (nSPS) is 19.3. The van der Waals surface area contributed by atoms with Crippen LogP contribution in [0.2, 0.25) is 0 Å². The number of sulfonamides is 1. The molecule has 2 rings (SSSR count). The standard InChI is InChI=1S/C9H11NO4S3/c11-3-1-2-10-5-7(12)6-4-8(15)16-9(6)17(10,13)14/h4,11,15H,1-3,5H2. The monoisotopic (exact) mass is 293 g/mol. The molecule has 17 heavy (non-hydrogen) atoms. The van der Waals surface area contributed by atoms with Gasteiger partial charge in [0.15, 0.2) is 5.78 Å².